The number of hydrazone groups is 1. The summed E-state index contributed by atoms with van der Waals surface area (Å²) < 4.78 is 0. The number of hydrogen-bond donors (Lipinski definition) is 0. The van der Waals surface area contributed by atoms with Gasteiger partial charge in [0.05, 0.1) is 23.0 Å². The van der Waals surface area contributed by atoms with E-state index in [0.717, 1.165) is 48.9 Å². The highest BCUT2D eigenvalue weighted by atomic mass is 35.5. The normalized spacial score (nSPS) is 16.7. The fourth-order valence-electron chi connectivity index (χ4n) is 3.14. The predicted octanol–water partition coefficient (Wildman–Crippen LogP) is 3.74. The molecule has 0 saturated carbocycles. The first-order valence-corrected chi connectivity index (χ1v) is 8.62. The van der Waals surface area contributed by atoms with Gasteiger partial charge in [0.25, 0.3) is 0 Å². The number of hydrogen-bond acceptors (Lipinski definition) is 4. The van der Waals surface area contributed by atoms with Crippen molar-refractivity contribution >= 4 is 23.0 Å². The van der Waals surface area contributed by atoms with Crippen molar-refractivity contribution in [1.82, 2.24) is 9.88 Å². The maximum Gasteiger partial charge on any atom is 0.0784 e. The minimum Gasteiger partial charge on any atom is -0.376 e. The van der Waals surface area contributed by atoms with E-state index in [1.807, 2.05) is 47.6 Å². The van der Waals surface area contributed by atoms with Crippen molar-refractivity contribution in [3.8, 4) is 0 Å². The SMILES string of the molecule is Clc1ccccc1N1CC2=CN(CCc3ccccn3)CCC2=N1. The molecule has 2 aliphatic heterocycles. The summed E-state index contributed by atoms with van der Waals surface area (Å²) in [4.78, 5) is 6.77. The number of para-hydroxylation sites is 1. The van der Waals surface area contributed by atoms with Crippen LogP contribution < -0.4 is 5.01 Å². The Morgan fingerprint density at radius 3 is 2.79 bits per heavy atom. The Kier molecular flexibility index (Phi) is 4.22. The molecule has 3 heterocycles. The van der Waals surface area contributed by atoms with Gasteiger partial charge in [0.1, 0.15) is 0 Å². The zero-order valence-electron chi connectivity index (χ0n) is 13.4. The number of rotatable bonds is 4. The molecule has 0 atom stereocenters. The smallest absolute Gasteiger partial charge is 0.0784 e. The summed E-state index contributed by atoms with van der Waals surface area (Å²) >= 11 is 6.30. The number of pyridine rings is 1. The predicted molar refractivity (Wildman–Crippen MR) is 98.4 cm³/mol. The number of aromatic nitrogens is 1. The summed E-state index contributed by atoms with van der Waals surface area (Å²) in [7, 11) is 0. The lowest BCUT2D eigenvalue weighted by atomic mass is 10.1. The van der Waals surface area contributed by atoms with Crippen LogP contribution in [0.25, 0.3) is 0 Å². The zero-order valence-corrected chi connectivity index (χ0v) is 14.2. The summed E-state index contributed by atoms with van der Waals surface area (Å²) in [5, 5.41) is 7.50. The summed E-state index contributed by atoms with van der Waals surface area (Å²) in [6.07, 6.45) is 6.05. The molecule has 5 heteroatoms. The van der Waals surface area contributed by atoms with Crippen molar-refractivity contribution in [2.24, 2.45) is 5.10 Å². The second-order valence-electron chi connectivity index (χ2n) is 6.07. The molecule has 0 amide bonds. The van der Waals surface area contributed by atoms with E-state index in [9.17, 15) is 0 Å². The van der Waals surface area contributed by atoms with Gasteiger partial charge in [-0.2, -0.15) is 5.10 Å². The molecule has 0 N–H and O–H groups in total. The lowest BCUT2D eigenvalue weighted by Crippen LogP contribution is -2.29. The molecule has 0 radical (unpaired) electrons. The van der Waals surface area contributed by atoms with E-state index in [2.05, 4.69) is 22.2 Å². The Morgan fingerprint density at radius 2 is 1.96 bits per heavy atom. The highest BCUT2D eigenvalue weighted by Gasteiger charge is 2.26. The molecule has 0 fully saturated rings. The molecule has 1 aromatic heterocycles. The van der Waals surface area contributed by atoms with E-state index in [0.29, 0.717) is 0 Å². The first-order chi connectivity index (χ1) is 11.8. The molecule has 0 bridgehead atoms. The minimum absolute atomic E-state index is 0.744. The van der Waals surface area contributed by atoms with Crippen LogP contribution in [0.2, 0.25) is 5.02 Å². The largest absolute Gasteiger partial charge is 0.376 e. The Hall–Kier alpha value is -2.33. The molecule has 0 aliphatic carbocycles. The average Bonchev–Trinajstić information content (AvgIpc) is 3.04. The van der Waals surface area contributed by atoms with Crippen LogP contribution >= 0.6 is 11.6 Å². The average molecular weight is 339 g/mol. The van der Waals surface area contributed by atoms with Crippen molar-refractivity contribution in [2.75, 3.05) is 24.6 Å². The molecule has 2 aromatic rings. The zero-order chi connectivity index (χ0) is 16.4. The van der Waals surface area contributed by atoms with Gasteiger partial charge in [-0.25, -0.2) is 0 Å². The molecular formula is C19H19ClN4. The number of anilines is 1. The van der Waals surface area contributed by atoms with E-state index in [1.54, 1.807) is 0 Å². The van der Waals surface area contributed by atoms with Gasteiger partial charge in [-0.1, -0.05) is 29.8 Å². The Labute approximate surface area is 147 Å². The van der Waals surface area contributed by atoms with Gasteiger partial charge in [-0.3, -0.25) is 9.99 Å². The Morgan fingerprint density at radius 1 is 1.08 bits per heavy atom. The van der Waals surface area contributed by atoms with Crippen molar-refractivity contribution in [3.63, 3.8) is 0 Å². The quantitative estimate of drug-likeness (QED) is 0.851. The molecule has 4 rings (SSSR count). The van der Waals surface area contributed by atoms with Crippen molar-refractivity contribution in [1.29, 1.82) is 0 Å². The molecule has 24 heavy (non-hydrogen) atoms. The van der Waals surface area contributed by atoms with Crippen LogP contribution in [0.15, 0.2) is 65.5 Å². The van der Waals surface area contributed by atoms with Crippen LogP contribution in [0.5, 0.6) is 0 Å². The monoisotopic (exact) mass is 338 g/mol. The topological polar surface area (TPSA) is 31.7 Å². The van der Waals surface area contributed by atoms with Gasteiger partial charge in [-0.05, 0) is 24.3 Å². The summed E-state index contributed by atoms with van der Waals surface area (Å²) in [6, 6.07) is 13.9. The van der Waals surface area contributed by atoms with Crippen LogP contribution in [-0.4, -0.2) is 35.2 Å². The second kappa shape index (κ2) is 6.65. The van der Waals surface area contributed by atoms with Gasteiger partial charge in [0, 0.05) is 49.6 Å². The van der Waals surface area contributed by atoms with Crippen molar-refractivity contribution in [3.05, 3.63) is 71.2 Å². The standard InChI is InChI=1S/C19H19ClN4/c20-17-6-1-2-7-19(17)24-14-15-13-23(12-9-18(15)22-24)11-8-16-5-3-4-10-21-16/h1-7,10,13H,8-9,11-12,14H2. The Balaban J connectivity index is 1.44. The minimum atomic E-state index is 0.744. The number of halogens is 1. The maximum atomic E-state index is 6.30. The fraction of sp³-hybridized carbons (Fsp3) is 0.263. The van der Waals surface area contributed by atoms with E-state index in [4.69, 9.17) is 16.7 Å². The molecule has 4 nitrogen and oxygen atoms in total. The third-order valence-corrected chi connectivity index (χ3v) is 4.74. The van der Waals surface area contributed by atoms with E-state index in [1.165, 1.54) is 11.3 Å². The molecule has 0 unspecified atom stereocenters. The molecule has 1 aromatic carbocycles. The second-order valence-corrected chi connectivity index (χ2v) is 6.47. The first-order valence-electron chi connectivity index (χ1n) is 8.24. The fourth-order valence-corrected chi connectivity index (χ4v) is 3.37. The summed E-state index contributed by atoms with van der Waals surface area (Å²) in [6.45, 7) is 2.78. The van der Waals surface area contributed by atoms with Crippen LogP contribution in [0.1, 0.15) is 12.1 Å². The van der Waals surface area contributed by atoms with Crippen LogP contribution in [0, 0.1) is 0 Å². The maximum absolute atomic E-state index is 6.30. The molecule has 122 valence electrons. The van der Waals surface area contributed by atoms with E-state index >= 15 is 0 Å². The third kappa shape index (κ3) is 3.15. The third-order valence-electron chi connectivity index (χ3n) is 4.42. The highest BCUT2D eigenvalue weighted by Crippen LogP contribution is 2.31. The van der Waals surface area contributed by atoms with Gasteiger partial charge in [0.2, 0.25) is 0 Å². The van der Waals surface area contributed by atoms with Crippen LogP contribution in [0.4, 0.5) is 5.69 Å². The van der Waals surface area contributed by atoms with Crippen molar-refractivity contribution < 1.29 is 0 Å². The molecule has 2 aliphatic rings. The van der Waals surface area contributed by atoms with Crippen LogP contribution in [-0.2, 0) is 6.42 Å². The van der Waals surface area contributed by atoms with Crippen LogP contribution in [0.3, 0.4) is 0 Å². The lowest BCUT2D eigenvalue weighted by molar-refractivity contribution is 0.381. The number of benzene rings is 1. The van der Waals surface area contributed by atoms with Gasteiger partial charge in [-0.15, -0.1) is 0 Å². The van der Waals surface area contributed by atoms with E-state index in [-0.39, 0.29) is 0 Å². The summed E-state index contributed by atoms with van der Waals surface area (Å²) in [5.41, 5.74) is 4.59. The summed E-state index contributed by atoms with van der Waals surface area (Å²) in [5.74, 6) is 0. The highest BCUT2D eigenvalue weighted by molar-refractivity contribution is 6.33. The number of fused-ring (bicyclic) bond motifs is 1. The molecule has 0 spiro atoms. The van der Waals surface area contributed by atoms with Gasteiger partial charge >= 0.3 is 0 Å². The van der Waals surface area contributed by atoms with Gasteiger partial charge < -0.3 is 4.90 Å². The Bertz CT molecular complexity index is 785. The van der Waals surface area contributed by atoms with Crippen molar-refractivity contribution in [2.45, 2.75) is 12.8 Å². The van der Waals surface area contributed by atoms with E-state index < -0.39 is 0 Å². The first kappa shape index (κ1) is 15.2. The van der Waals surface area contributed by atoms with Gasteiger partial charge in [0.15, 0.2) is 0 Å². The molecular weight excluding hydrogens is 320 g/mol. The lowest BCUT2D eigenvalue weighted by Gasteiger charge is -2.25. The number of nitrogens with zero attached hydrogens (tertiary/aromatic N) is 4. The molecule has 0 saturated heterocycles.